The fraction of sp³-hybridized carbons (Fsp3) is 0.429. The highest BCUT2D eigenvalue weighted by molar-refractivity contribution is 5.43. The third-order valence-electron chi connectivity index (χ3n) is 5.58. The number of phenolic OH excluding ortho intramolecular Hbond substituents is 1. The van der Waals surface area contributed by atoms with Gasteiger partial charge in [0, 0.05) is 11.6 Å². The molecule has 4 nitrogen and oxygen atoms in total. The minimum absolute atomic E-state index is 0.00489. The highest BCUT2D eigenvalue weighted by atomic mass is 16.5. The summed E-state index contributed by atoms with van der Waals surface area (Å²) in [6.07, 6.45) is 2.89. The number of aliphatic hydroxyl groups excluding tert-OH is 1. The molecule has 1 saturated heterocycles. The molecule has 2 aliphatic heterocycles. The summed E-state index contributed by atoms with van der Waals surface area (Å²) >= 11 is 0. The van der Waals surface area contributed by atoms with E-state index in [1.807, 2.05) is 0 Å². The van der Waals surface area contributed by atoms with Crippen LogP contribution in [-0.2, 0) is 6.42 Å². The Morgan fingerprint density at radius 1 is 1.04 bits per heavy atom. The lowest BCUT2D eigenvalue weighted by molar-refractivity contribution is -0.0109. The largest absolute Gasteiger partial charge is 0.508 e. The number of piperidine rings is 1. The number of hydrogen-bond donors (Lipinski definition) is 2. The van der Waals surface area contributed by atoms with Gasteiger partial charge in [-0.05, 0) is 56.0 Å². The lowest BCUT2D eigenvalue weighted by Gasteiger charge is -2.41. The first-order valence-electron chi connectivity index (χ1n) is 9.12. The minimum Gasteiger partial charge on any atom is -0.508 e. The lowest BCUT2D eigenvalue weighted by Crippen LogP contribution is -2.49. The average molecular weight is 339 g/mol. The maximum Gasteiger partial charge on any atom is 0.128 e. The fourth-order valence-corrected chi connectivity index (χ4v) is 4.11. The second kappa shape index (κ2) is 7.06. The van der Waals surface area contributed by atoms with E-state index in [9.17, 15) is 10.2 Å². The van der Waals surface area contributed by atoms with E-state index in [0.29, 0.717) is 18.3 Å². The van der Waals surface area contributed by atoms with Crippen LogP contribution < -0.4 is 4.74 Å². The molecule has 2 N–H and O–H groups in total. The number of rotatable bonds is 3. The molecule has 25 heavy (non-hydrogen) atoms. The SMILES string of the molecule is Oc1ccc2c(c1)OCC(N1CCC(Cc3ccccc3)CC1)C2O. The van der Waals surface area contributed by atoms with E-state index in [-0.39, 0.29) is 11.8 Å². The van der Waals surface area contributed by atoms with Gasteiger partial charge >= 0.3 is 0 Å². The Hall–Kier alpha value is -2.04. The van der Waals surface area contributed by atoms with Crippen molar-refractivity contribution in [1.82, 2.24) is 4.90 Å². The summed E-state index contributed by atoms with van der Waals surface area (Å²) in [5.41, 5.74) is 2.19. The second-order valence-corrected chi connectivity index (χ2v) is 7.21. The first-order valence-corrected chi connectivity index (χ1v) is 9.12. The number of nitrogens with zero attached hydrogens (tertiary/aromatic N) is 1. The summed E-state index contributed by atoms with van der Waals surface area (Å²) in [5, 5.41) is 20.3. The molecule has 2 heterocycles. The molecule has 132 valence electrons. The van der Waals surface area contributed by atoms with E-state index in [1.165, 1.54) is 5.56 Å². The maximum atomic E-state index is 10.8. The van der Waals surface area contributed by atoms with Crippen LogP contribution in [0.4, 0.5) is 0 Å². The van der Waals surface area contributed by atoms with Crippen molar-refractivity contribution in [3.8, 4) is 11.5 Å². The number of aliphatic hydroxyl groups is 1. The van der Waals surface area contributed by atoms with Crippen molar-refractivity contribution >= 4 is 0 Å². The molecule has 0 radical (unpaired) electrons. The van der Waals surface area contributed by atoms with Crippen molar-refractivity contribution in [2.75, 3.05) is 19.7 Å². The molecule has 1 fully saturated rings. The van der Waals surface area contributed by atoms with Gasteiger partial charge in [0.2, 0.25) is 0 Å². The van der Waals surface area contributed by atoms with Gasteiger partial charge < -0.3 is 14.9 Å². The van der Waals surface area contributed by atoms with Crippen LogP contribution >= 0.6 is 0 Å². The summed E-state index contributed by atoms with van der Waals surface area (Å²) in [6.45, 7) is 2.47. The van der Waals surface area contributed by atoms with Crippen LogP contribution in [0.3, 0.4) is 0 Å². The van der Waals surface area contributed by atoms with E-state index in [1.54, 1.807) is 18.2 Å². The van der Waals surface area contributed by atoms with Gasteiger partial charge in [-0.15, -0.1) is 0 Å². The van der Waals surface area contributed by atoms with Gasteiger partial charge in [-0.3, -0.25) is 4.90 Å². The number of ether oxygens (including phenoxy) is 1. The van der Waals surface area contributed by atoms with Gasteiger partial charge in [0.25, 0.3) is 0 Å². The number of hydrogen-bond acceptors (Lipinski definition) is 4. The summed E-state index contributed by atoms with van der Waals surface area (Å²) in [4.78, 5) is 2.36. The predicted octanol–water partition coefficient (Wildman–Crippen LogP) is 3.14. The van der Waals surface area contributed by atoms with E-state index in [4.69, 9.17) is 4.74 Å². The van der Waals surface area contributed by atoms with Gasteiger partial charge in [0.05, 0.1) is 6.04 Å². The minimum atomic E-state index is -0.560. The van der Waals surface area contributed by atoms with Crippen LogP contribution in [-0.4, -0.2) is 40.9 Å². The zero-order chi connectivity index (χ0) is 17.2. The van der Waals surface area contributed by atoms with E-state index in [0.717, 1.165) is 37.9 Å². The lowest BCUT2D eigenvalue weighted by atomic mass is 9.88. The van der Waals surface area contributed by atoms with E-state index < -0.39 is 6.10 Å². The molecule has 0 bridgehead atoms. The molecule has 2 aromatic rings. The number of likely N-dealkylation sites (tertiary alicyclic amines) is 1. The highest BCUT2D eigenvalue weighted by Crippen LogP contribution is 2.37. The zero-order valence-electron chi connectivity index (χ0n) is 14.3. The number of fused-ring (bicyclic) bond motifs is 1. The Labute approximate surface area is 148 Å². The molecule has 0 aromatic heterocycles. The topological polar surface area (TPSA) is 52.9 Å². The number of benzene rings is 2. The Morgan fingerprint density at radius 2 is 1.80 bits per heavy atom. The third kappa shape index (κ3) is 3.51. The van der Waals surface area contributed by atoms with Crippen molar-refractivity contribution in [2.45, 2.75) is 31.4 Å². The summed E-state index contributed by atoms with van der Waals surface area (Å²) in [6, 6.07) is 15.6. The molecule has 2 aliphatic rings. The Bertz CT molecular complexity index is 710. The van der Waals surface area contributed by atoms with Crippen molar-refractivity contribution < 1.29 is 14.9 Å². The van der Waals surface area contributed by atoms with Crippen molar-refractivity contribution in [3.63, 3.8) is 0 Å². The summed E-state index contributed by atoms with van der Waals surface area (Å²) < 4.78 is 5.80. The third-order valence-corrected chi connectivity index (χ3v) is 5.58. The Morgan fingerprint density at radius 3 is 2.56 bits per heavy atom. The number of aromatic hydroxyl groups is 1. The van der Waals surface area contributed by atoms with Crippen molar-refractivity contribution in [1.29, 1.82) is 0 Å². The summed E-state index contributed by atoms with van der Waals surface area (Å²) in [7, 11) is 0. The van der Waals surface area contributed by atoms with Gasteiger partial charge in [-0.2, -0.15) is 0 Å². The quantitative estimate of drug-likeness (QED) is 0.902. The summed E-state index contributed by atoms with van der Waals surface area (Å²) in [5.74, 6) is 1.48. The first kappa shape index (κ1) is 16.4. The van der Waals surface area contributed by atoms with Gasteiger partial charge in [-0.1, -0.05) is 30.3 Å². The van der Waals surface area contributed by atoms with Gasteiger partial charge in [0.1, 0.15) is 24.2 Å². The highest BCUT2D eigenvalue weighted by Gasteiger charge is 2.35. The second-order valence-electron chi connectivity index (χ2n) is 7.21. The molecular formula is C21H25NO3. The van der Waals surface area contributed by atoms with Gasteiger partial charge in [-0.25, -0.2) is 0 Å². The van der Waals surface area contributed by atoms with E-state index >= 15 is 0 Å². The average Bonchev–Trinajstić information content (AvgIpc) is 2.64. The molecule has 0 amide bonds. The number of phenols is 1. The Balaban J connectivity index is 1.37. The smallest absolute Gasteiger partial charge is 0.128 e. The maximum absolute atomic E-state index is 10.8. The zero-order valence-corrected chi connectivity index (χ0v) is 14.3. The van der Waals surface area contributed by atoms with Gasteiger partial charge in [0.15, 0.2) is 0 Å². The first-order chi connectivity index (χ1) is 12.2. The molecule has 0 saturated carbocycles. The van der Waals surface area contributed by atoms with Crippen molar-refractivity contribution in [3.05, 3.63) is 59.7 Å². The van der Waals surface area contributed by atoms with Crippen molar-refractivity contribution in [2.24, 2.45) is 5.92 Å². The van der Waals surface area contributed by atoms with Crippen LogP contribution in [0.1, 0.15) is 30.1 Å². The van der Waals surface area contributed by atoms with Crippen LogP contribution in [0.15, 0.2) is 48.5 Å². The normalized spacial score (nSPS) is 24.5. The molecule has 2 atom stereocenters. The monoisotopic (exact) mass is 339 g/mol. The molecule has 2 unspecified atom stereocenters. The predicted molar refractivity (Wildman–Crippen MR) is 96.8 cm³/mol. The Kier molecular flexibility index (Phi) is 4.64. The van der Waals surface area contributed by atoms with E-state index in [2.05, 4.69) is 35.2 Å². The van der Waals surface area contributed by atoms with Crippen LogP contribution in [0.25, 0.3) is 0 Å². The molecule has 4 heteroatoms. The molecule has 2 aromatic carbocycles. The van der Waals surface area contributed by atoms with Crippen LogP contribution in [0.2, 0.25) is 0 Å². The molecular weight excluding hydrogens is 314 g/mol. The molecule has 4 rings (SSSR count). The van der Waals surface area contributed by atoms with Crippen LogP contribution in [0, 0.1) is 5.92 Å². The van der Waals surface area contributed by atoms with Crippen LogP contribution in [0.5, 0.6) is 11.5 Å². The molecule has 0 spiro atoms. The fourth-order valence-electron chi connectivity index (χ4n) is 4.11. The standard InChI is InChI=1S/C21H25NO3/c23-17-6-7-18-20(13-17)25-14-19(21(18)24)22-10-8-16(9-11-22)12-15-4-2-1-3-5-15/h1-7,13,16,19,21,23-24H,8-12,14H2. The molecule has 0 aliphatic carbocycles.